The Balaban J connectivity index is 1.69. The Morgan fingerprint density at radius 2 is 1.56 bits per heavy atom. The van der Waals surface area contributed by atoms with Gasteiger partial charge in [0.15, 0.2) is 5.78 Å². The Hall–Kier alpha value is -3.88. The summed E-state index contributed by atoms with van der Waals surface area (Å²) >= 11 is 0. The highest BCUT2D eigenvalue weighted by Gasteiger charge is 2.39. The Bertz CT molecular complexity index is 1230. The van der Waals surface area contributed by atoms with Gasteiger partial charge in [-0.1, -0.05) is 55.7 Å². The summed E-state index contributed by atoms with van der Waals surface area (Å²) in [5.41, 5.74) is 1.45. The predicted molar refractivity (Wildman–Crippen MR) is 150 cm³/mol. The number of carbonyl (C=O) groups is 4. The van der Waals surface area contributed by atoms with Crippen molar-refractivity contribution in [2.24, 2.45) is 0 Å². The number of benzene rings is 2. The molecule has 4 amide bonds. The molecule has 1 heterocycles. The van der Waals surface area contributed by atoms with Gasteiger partial charge < -0.3 is 20.3 Å². The SMILES string of the molecule is Cc1ccccc1C(=O)CN1C(=O)C(NC(=O)OC(C)(C)C)CN(C(=O)NC2CCCCC2)c2ccccc21. The maximum absolute atomic E-state index is 14.0. The van der Waals surface area contributed by atoms with Crippen molar-refractivity contribution in [3.05, 3.63) is 59.7 Å². The third-order valence-electron chi connectivity index (χ3n) is 7.01. The molecule has 1 atom stereocenters. The second kappa shape index (κ2) is 11.9. The van der Waals surface area contributed by atoms with Crippen LogP contribution in [0.3, 0.4) is 0 Å². The predicted octanol–water partition coefficient (Wildman–Crippen LogP) is 4.97. The van der Waals surface area contributed by atoms with Gasteiger partial charge in [-0.05, 0) is 58.2 Å². The molecule has 2 aromatic carbocycles. The Morgan fingerprint density at radius 3 is 2.23 bits per heavy atom. The maximum atomic E-state index is 14.0. The lowest BCUT2D eigenvalue weighted by Gasteiger charge is -2.29. The molecule has 39 heavy (non-hydrogen) atoms. The van der Waals surface area contributed by atoms with E-state index in [9.17, 15) is 19.2 Å². The number of rotatable bonds is 5. The van der Waals surface area contributed by atoms with E-state index in [0.29, 0.717) is 16.9 Å². The molecule has 1 saturated carbocycles. The van der Waals surface area contributed by atoms with Crippen LogP contribution in [0.15, 0.2) is 48.5 Å². The van der Waals surface area contributed by atoms with Crippen molar-refractivity contribution >= 4 is 35.2 Å². The molecule has 208 valence electrons. The summed E-state index contributed by atoms with van der Waals surface area (Å²) in [6.45, 7) is 6.68. The van der Waals surface area contributed by atoms with Crippen molar-refractivity contribution in [3.8, 4) is 0 Å². The number of amides is 4. The maximum Gasteiger partial charge on any atom is 0.408 e. The van der Waals surface area contributed by atoms with E-state index in [1.165, 1.54) is 9.80 Å². The quantitative estimate of drug-likeness (QED) is 0.527. The van der Waals surface area contributed by atoms with Crippen molar-refractivity contribution in [3.63, 3.8) is 0 Å². The summed E-state index contributed by atoms with van der Waals surface area (Å²) in [7, 11) is 0. The number of aryl methyl sites for hydroxylation is 1. The molecule has 1 unspecified atom stereocenters. The first-order valence-electron chi connectivity index (χ1n) is 13.6. The summed E-state index contributed by atoms with van der Waals surface area (Å²) < 4.78 is 5.42. The number of urea groups is 1. The van der Waals surface area contributed by atoms with E-state index < -0.39 is 23.6 Å². The minimum atomic E-state index is -1.13. The molecule has 0 bridgehead atoms. The smallest absolute Gasteiger partial charge is 0.408 e. The van der Waals surface area contributed by atoms with Gasteiger partial charge in [-0.3, -0.25) is 14.5 Å². The molecular formula is C30H38N4O5. The highest BCUT2D eigenvalue weighted by molar-refractivity contribution is 6.12. The monoisotopic (exact) mass is 534 g/mol. The van der Waals surface area contributed by atoms with Gasteiger partial charge in [-0.25, -0.2) is 9.59 Å². The number of ether oxygens (including phenoxy) is 1. The van der Waals surface area contributed by atoms with Gasteiger partial charge >= 0.3 is 12.1 Å². The van der Waals surface area contributed by atoms with Gasteiger partial charge in [0, 0.05) is 11.6 Å². The largest absolute Gasteiger partial charge is 0.444 e. The number of para-hydroxylation sites is 2. The van der Waals surface area contributed by atoms with Gasteiger partial charge in [-0.2, -0.15) is 0 Å². The van der Waals surface area contributed by atoms with Crippen molar-refractivity contribution in [2.75, 3.05) is 22.9 Å². The molecule has 0 saturated heterocycles. The number of nitrogens with zero attached hydrogens (tertiary/aromatic N) is 2. The second-order valence-electron chi connectivity index (χ2n) is 11.2. The summed E-state index contributed by atoms with van der Waals surface area (Å²) in [4.78, 5) is 56.6. The lowest BCUT2D eigenvalue weighted by Crippen LogP contribution is -2.56. The van der Waals surface area contributed by atoms with E-state index in [-0.39, 0.29) is 30.9 Å². The van der Waals surface area contributed by atoms with Crippen LogP contribution in [0.4, 0.5) is 21.0 Å². The number of hydrogen-bond donors (Lipinski definition) is 2. The van der Waals surface area contributed by atoms with Crippen LogP contribution in [0.1, 0.15) is 68.8 Å². The van der Waals surface area contributed by atoms with Gasteiger partial charge in [0.05, 0.1) is 24.5 Å². The van der Waals surface area contributed by atoms with Gasteiger partial charge in [-0.15, -0.1) is 0 Å². The molecule has 4 rings (SSSR count). The highest BCUT2D eigenvalue weighted by Crippen LogP contribution is 2.33. The molecule has 9 heteroatoms. The molecular weight excluding hydrogens is 496 g/mol. The molecule has 2 aromatic rings. The minimum Gasteiger partial charge on any atom is -0.444 e. The fourth-order valence-corrected chi connectivity index (χ4v) is 5.11. The van der Waals surface area contributed by atoms with Crippen LogP contribution in [-0.2, 0) is 9.53 Å². The average molecular weight is 535 g/mol. The minimum absolute atomic E-state index is 0.0494. The van der Waals surface area contributed by atoms with Crippen LogP contribution in [0.2, 0.25) is 0 Å². The fourth-order valence-electron chi connectivity index (χ4n) is 5.11. The standard InChI is InChI=1S/C30H38N4O5/c1-20-12-8-9-15-22(20)26(35)19-33-24-16-10-11-17-25(24)34(28(37)31-21-13-6-5-7-14-21)18-23(27(33)36)32-29(38)39-30(2,3)4/h8-12,15-17,21,23H,5-7,13-14,18-19H2,1-4H3,(H,31,37)(H,32,38). The first-order chi connectivity index (χ1) is 18.5. The second-order valence-corrected chi connectivity index (χ2v) is 11.2. The van der Waals surface area contributed by atoms with E-state index in [0.717, 1.165) is 37.7 Å². The lowest BCUT2D eigenvalue weighted by atomic mass is 9.96. The number of alkyl carbamates (subject to hydrolysis) is 1. The molecule has 0 aromatic heterocycles. The third-order valence-corrected chi connectivity index (χ3v) is 7.01. The van der Waals surface area contributed by atoms with Crippen molar-refractivity contribution in [1.29, 1.82) is 0 Å². The Morgan fingerprint density at radius 1 is 0.923 bits per heavy atom. The molecule has 1 aliphatic carbocycles. The fraction of sp³-hybridized carbons (Fsp3) is 0.467. The van der Waals surface area contributed by atoms with Crippen LogP contribution < -0.4 is 20.4 Å². The number of hydrogen-bond acceptors (Lipinski definition) is 5. The molecule has 2 aliphatic rings. The molecule has 1 aliphatic heterocycles. The molecule has 0 radical (unpaired) electrons. The zero-order valence-corrected chi connectivity index (χ0v) is 23.2. The number of Topliss-reactive ketones (excluding diaryl/α,β-unsaturated/α-hetero) is 1. The first-order valence-corrected chi connectivity index (χ1v) is 13.6. The number of nitrogens with one attached hydrogen (secondary N) is 2. The van der Waals surface area contributed by atoms with Crippen molar-refractivity contribution in [2.45, 2.75) is 77.5 Å². The molecule has 1 fully saturated rings. The summed E-state index contributed by atoms with van der Waals surface area (Å²) in [5, 5.41) is 5.78. The molecule has 9 nitrogen and oxygen atoms in total. The van der Waals surface area contributed by atoms with Crippen LogP contribution in [0.25, 0.3) is 0 Å². The highest BCUT2D eigenvalue weighted by atomic mass is 16.6. The van der Waals surface area contributed by atoms with Gasteiger partial charge in [0.2, 0.25) is 0 Å². The average Bonchev–Trinajstić information content (AvgIpc) is 2.99. The van der Waals surface area contributed by atoms with E-state index >= 15 is 0 Å². The molecule has 0 spiro atoms. The van der Waals surface area contributed by atoms with Gasteiger partial charge in [0.25, 0.3) is 5.91 Å². The zero-order chi connectivity index (χ0) is 28.2. The van der Waals surface area contributed by atoms with Crippen LogP contribution in [-0.4, -0.2) is 54.6 Å². The zero-order valence-electron chi connectivity index (χ0n) is 23.2. The summed E-state index contributed by atoms with van der Waals surface area (Å²) in [6, 6.07) is 12.8. The first kappa shape index (κ1) is 28.1. The van der Waals surface area contributed by atoms with E-state index in [4.69, 9.17) is 4.74 Å². The van der Waals surface area contributed by atoms with E-state index in [2.05, 4.69) is 10.6 Å². The van der Waals surface area contributed by atoms with Crippen LogP contribution in [0.5, 0.6) is 0 Å². The van der Waals surface area contributed by atoms with Crippen LogP contribution in [0, 0.1) is 6.92 Å². The number of fused-ring (bicyclic) bond motifs is 1. The van der Waals surface area contributed by atoms with Crippen molar-refractivity contribution < 1.29 is 23.9 Å². The number of ketones is 1. The Labute approximate surface area is 229 Å². The lowest BCUT2D eigenvalue weighted by molar-refractivity contribution is -0.120. The third kappa shape index (κ3) is 6.96. The molecule has 2 N–H and O–H groups in total. The number of anilines is 2. The Kier molecular flexibility index (Phi) is 8.57. The van der Waals surface area contributed by atoms with E-state index in [1.54, 1.807) is 57.2 Å². The van der Waals surface area contributed by atoms with Crippen LogP contribution >= 0.6 is 0 Å². The van der Waals surface area contributed by atoms with E-state index in [1.807, 2.05) is 19.1 Å². The van der Waals surface area contributed by atoms with Crippen molar-refractivity contribution in [1.82, 2.24) is 10.6 Å². The summed E-state index contributed by atoms with van der Waals surface area (Å²) in [6.07, 6.45) is 4.28. The normalized spacial score (nSPS) is 18.2. The van der Waals surface area contributed by atoms with Gasteiger partial charge in [0.1, 0.15) is 11.6 Å². The summed E-state index contributed by atoms with van der Waals surface area (Å²) in [5.74, 6) is -0.740. The topological polar surface area (TPSA) is 108 Å². The number of carbonyl (C=O) groups excluding carboxylic acids is 4.